The summed E-state index contributed by atoms with van der Waals surface area (Å²) in [6.45, 7) is 0.927. The summed E-state index contributed by atoms with van der Waals surface area (Å²) in [6, 6.07) is 0. The van der Waals surface area contributed by atoms with Crippen molar-refractivity contribution in [3.8, 4) is 0 Å². The third-order valence-corrected chi connectivity index (χ3v) is 11.6. The Morgan fingerprint density at radius 1 is 0.479 bits per heavy atom. The number of carboxylic acid groups (broad SMARTS) is 4. The molecule has 0 aromatic heterocycles. The van der Waals surface area contributed by atoms with Crippen molar-refractivity contribution in [2.24, 2.45) is 34.8 Å². The van der Waals surface area contributed by atoms with Gasteiger partial charge >= 0.3 is 147 Å². The number of ether oxygens (including phenoxy) is 4. The second kappa shape index (κ2) is 26.7. The van der Waals surface area contributed by atoms with Gasteiger partial charge in [-0.3, -0.25) is 0 Å². The van der Waals surface area contributed by atoms with Crippen LogP contribution < -0.4 is 43.4 Å². The van der Waals surface area contributed by atoms with Gasteiger partial charge in [0, 0.05) is 25.0 Å². The van der Waals surface area contributed by atoms with Crippen molar-refractivity contribution in [3.05, 3.63) is 0 Å². The van der Waals surface area contributed by atoms with E-state index in [1.165, 1.54) is 64.2 Å². The molecule has 0 aromatic rings. The van der Waals surface area contributed by atoms with Gasteiger partial charge < -0.3 is 58.6 Å². The van der Waals surface area contributed by atoms with Crippen molar-refractivity contribution in [1.29, 1.82) is 0 Å². The number of rotatable bonds is 21. The number of hydrogen-bond donors (Lipinski definition) is 4. The van der Waals surface area contributed by atoms with Gasteiger partial charge in [0.2, 0.25) is 0 Å². The molecule has 16 nitrogen and oxygen atoms in total. The molecular weight excluding hydrogens is 999 g/mol. The molecule has 18 heteroatoms. The zero-order chi connectivity index (χ0) is 36.6. The van der Waals surface area contributed by atoms with Crippen LogP contribution >= 0.6 is 0 Å². The van der Waals surface area contributed by atoms with Gasteiger partial charge in [0.15, 0.2) is 0 Å². The Morgan fingerprint density at radius 3 is 0.896 bits per heavy atom. The van der Waals surface area contributed by atoms with Crippen molar-refractivity contribution in [1.82, 2.24) is 0 Å². The first kappa shape index (κ1) is 46.9. The molecule has 0 bridgehead atoms. The summed E-state index contributed by atoms with van der Waals surface area (Å²) in [5, 5.41) is 41.9. The number of carbonyl (C=O) groups excluding carboxylic acids is 4. The Labute approximate surface area is 305 Å². The molecule has 8 N–H and O–H groups in total. The van der Waals surface area contributed by atoms with Crippen LogP contribution in [0.15, 0.2) is 0 Å². The molecule has 0 aliphatic heterocycles. The molecule has 0 aromatic carbocycles. The molecule has 2 rings (SSSR count). The second-order valence-corrected chi connectivity index (χ2v) is 16.1. The summed E-state index contributed by atoms with van der Waals surface area (Å²) in [4.78, 5) is 41.9. The van der Waals surface area contributed by atoms with Gasteiger partial charge in [-0.2, -0.15) is 0 Å². The predicted molar refractivity (Wildman–Crippen MR) is 155 cm³/mol. The van der Waals surface area contributed by atoms with E-state index in [9.17, 15) is 39.6 Å². The summed E-state index contributed by atoms with van der Waals surface area (Å²) in [6.07, 6.45) is 11.9. The van der Waals surface area contributed by atoms with E-state index in [0.29, 0.717) is 0 Å². The van der Waals surface area contributed by atoms with Gasteiger partial charge in [0.1, 0.15) is 0 Å². The Balaban J connectivity index is 0.000000882. The van der Waals surface area contributed by atoms with Crippen molar-refractivity contribution >= 4 is 23.9 Å². The molecule has 0 heterocycles. The number of carboxylic acids is 4. The van der Waals surface area contributed by atoms with Crippen LogP contribution in [0, 0.1) is 11.8 Å². The topological polar surface area (TPSA) is 302 Å². The first-order valence-corrected chi connectivity index (χ1v) is 18.3. The molecule has 0 radical (unpaired) electrons. The predicted octanol–water partition coefficient (Wildman–Crippen LogP) is -4.14. The Morgan fingerprint density at radius 2 is 0.708 bits per heavy atom. The molecule has 2 aliphatic carbocycles. The van der Waals surface area contributed by atoms with Gasteiger partial charge in [0.05, 0.1) is 63.5 Å². The van der Waals surface area contributed by atoms with E-state index in [-0.39, 0.29) is 85.6 Å². The van der Waals surface area contributed by atoms with Gasteiger partial charge in [-0.15, -0.1) is 0 Å². The van der Waals surface area contributed by atoms with Gasteiger partial charge in [-0.05, 0) is 12.8 Å². The van der Waals surface area contributed by atoms with Crippen LogP contribution in [0.4, 0.5) is 0 Å². The maximum absolute atomic E-state index is 10.5. The Hall–Kier alpha value is -1.06. The third-order valence-electron chi connectivity index (χ3n) is 7.82. The fourth-order valence-electron chi connectivity index (χ4n) is 4.73. The summed E-state index contributed by atoms with van der Waals surface area (Å²) >= 11 is 4.83. The second-order valence-electron chi connectivity index (χ2n) is 11.5. The van der Waals surface area contributed by atoms with E-state index in [2.05, 4.69) is 39.6 Å². The van der Waals surface area contributed by atoms with E-state index in [1.54, 1.807) is 0 Å². The Kier molecular flexibility index (Phi) is 26.1. The number of hydrogen-bond acceptors (Lipinski definition) is 16. The van der Waals surface area contributed by atoms with E-state index in [4.69, 9.17) is 41.9 Å². The van der Waals surface area contributed by atoms with Gasteiger partial charge in [-0.25, -0.2) is 0 Å². The number of aliphatic carboxylic acids is 4. The first-order chi connectivity index (χ1) is 22.6. The maximum Gasteiger partial charge on any atom is 0.0701 e. The third kappa shape index (κ3) is 21.2. The molecule has 0 unspecified atom stereocenters. The Bertz CT molecular complexity index is 820. The average molecular weight is 1050 g/mol. The zero-order valence-corrected chi connectivity index (χ0v) is 31.8. The van der Waals surface area contributed by atoms with E-state index in [1.807, 2.05) is 0 Å². The smallest absolute Gasteiger partial charge is 0.0701 e. The number of carbonyl (C=O) groups is 4. The van der Waals surface area contributed by atoms with Crippen LogP contribution in [0.3, 0.4) is 0 Å². The van der Waals surface area contributed by atoms with Crippen LogP contribution in [0.1, 0.15) is 77.0 Å². The minimum atomic E-state index is -1.72. The average Bonchev–Trinajstić information content (AvgIpc) is 3.01. The van der Waals surface area contributed by atoms with E-state index < -0.39 is 35.7 Å². The van der Waals surface area contributed by atoms with Crippen LogP contribution in [0.2, 0.25) is 7.61 Å². The quantitative estimate of drug-likeness (QED) is 0.0482. The fraction of sp³-hybridized carbons (Fsp3) is 0.867. The molecule has 2 fully saturated rings. The van der Waals surface area contributed by atoms with Crippen LogP contribution in [-0.2, 0) is 77.8 Å². The molecular formula is C30H52N4O12Pt2. The van der Waals surface area contributed by atoms with Crippen LogP contribution in [0.5, 0.6) is 0 Å². The minimum absolute atomic E-state index is 0.0967. The van der Waals surface area contributed by atoms with E-state index >= 15 is 0 Å². The zero-order valence-electron chi connectivity index (χ0n) is 27.3. The molecule has 48 heavy (non-hydrogen) atoms. The summed E-state index contributed by atoms with van der Waals surface area (Å²) in [7, 11) is 0. The molecule has 284 valence electrons. The maximum atomic E-state index is 10.5. The summed E-state index contributed by atoms with van der Waals surface area (Å²) in [5.74, 6) is -10.3. The van der Waals surface area contributed by atoms with Crippen LogP contribution in [-0.4, -0.2) is 89.1 Å². The SMILES string of the molecule is NC(N)[C]1([Pt+2])CCCCC1.NC(N)[C]1([Pt+2])CCCCC1.O=C([O-])C(CCOCCOCCOCCOCCC(C(=O)[O-])C(=O)[O-])C(=O)[O-]. The van der Waals surface area contributed by atoms with Gasteiger partial charge in [-0.1, -0.05) is 0 Å². The molecule has 2 saturated carbocycles. The van der Waals surface area contributed by atoms with Crippen molar-refractivity contribution < 1.29 is 98.2 Å². The monoisotopic (exact) mass is 1050 g/mol. The normalized spacial score (nSPS) is 17.0. The minimum Gasteiger partial charge on any atom is -0.549 e. The van der Waals surface area contributed by atoms with Crippen molar-refractivity contribution in [3.63, 3.8) is 0 Å². The standard InChI is InChI=1S/C16H26O12.2C7H15N2.2Pt/c17-13(18)11(14(19)20)1-3-25-5-7-27-9-10-28-8-6-26-4-2-12(15(21)22)16(23)24;2*8-7(9)6-4-2-1-3-5-6;;/h11-12H,1-10H2,(H,17,18)(H,19,20)(H,21,22)(H,23,24);2*7H,1-5,8-9H2;;/q;;;2*+2/p-4. The molecule has 0 amide bonds. The first-order valence-electron chi connectivity index (χ1n) is 16.1. The number of nitrogens with two attached hydrogens (primary N) is 4. The van der Waals surface area contributed by atoms with Crippen molar-refractivity contribution in [2.45, 2.75) is 97.0 Å². The molecule has 0 spiro atoms. The molecule has 0 atom stereocenters. The van der Waals surface area contributed by atoms with E-state index in [0.717, 1.165) is 0 Å². The fourth-order valence-corrected chi connectivity index (χ4v) is 6.34. The largest absolute Gasteiger partial charge is 0.549 e. The van der Waals surface area contributed by atoms with Crippen molar-refractivity contribution in [2.75, 3.05) is 52.9 Å². The summed E-state index contributed by atoms with van der Waals surface area (Å²) in [5.41, 5.74) is 22.7. The van der Waals surface area contributed by atoms with Crippen LogP contribution in [0.25, 0.3) is 0 Å². The molecule has 0 saturated heterocycles. The molecule has 2 aliphatic rings. The van der Waals surface area contributed by atoms with Gasteiger partial charge in [0.25, 0.3) is 0 Å². The summed E-state index contributed by atoms with van der Waals surface area (Å²) < 4.78 is 20.8.